The summed E-state index contributed by atoms with van der Waals surface area (Å²) >= 11 is 0. The summed E-state index contributed by atoms with van der Waals surface area (Å²) < 4.78 is 8.92. The number of nitrogens with zero attached hydrogens (tertiary/aromatic N) is 1. The predicted molar refractivity (Wildman–Crippen MR) is 126 cm³/mol. The zero-order valence-electron chi connectivity index (χ0n) is 18.5. The maximum atomic E-state index is 6.71. The topological polar surface area (TPSA) is 13.1 Å². The van der Waals surface area contributed by atoms with Crippen molar-refractivity contribution in [2.45, 2.75) is 34.1 Å². The van der Waals surface area contributed by atoms with E-state index in [1.165, 1.54) is 38.4 Å². The normalized spacial score (nSPS) is 12.3. The molecule has 0 N–H and O–H groups in total. The molecule has 0 radical (unpaired) electrons. The second-order valence-electron chi connectivity index (χ2n) is 9.05. The average Bonchev–Trinajstić information content (AvgIpc) is 2.70. The maximum Gasteiger partial charge on any atom is 0.257 e. The molecule has 0 aliphatic carbocycles. The molecule has 1 aromatic heterocycles. The van der Waals surface area contributed by atoms with Gasteiger partial charge in [-0.1, -0.05) is 44.7 Å². The molecule has 30 heavy (non-hydrogen) atoms. The maximum absolute atomic E-state index is 6.71. The van der Waals surface area contributed by atoms with Crippen LogP contribution in [-0.4, -0.2) is 0 Å². The lowest BCUT2D eigenvalue weighted by Crippen LogP contribution is -2.32. The fourth-order valence-corrected chi connectivity index (χ4v) is 4.84. The first-order chi connectivity index (χ1) is 14.4. The molecular formula is C28H28NO+. The van der Waals surface area contributed by atoms with Crippen molar-refractivity contribution < 1.29 is 9.30 Å². The van der Waals surface area contributed by atoms with E-state index < -0.39 is 0 Å². The Bertz CT molecular complexity index is 1360. The Hall–Kier alpha value is -3.13. The molecule has 150 valence electrons. The van der Waals surface area contributed by atoms with Crippen LogP contribution in [0.3, 0.4) is 0 Å². The van der Waals surface area contributed by atoms with Crippen molar-refractivity contribution in [2.75, 3.05) is 0 Å². The van der Waals surface area contributed by atoms with Crippen molar-refractivity contribution >= 4 is 27.6 Å². The van der Waals surface area contributed by atoms with Crippen molar-refractivity contribution in [3.63, 3.8) is 0 Å². The second kappa shape index (κ2) is 6.70. The van der Waals surface area contributed by atoms with Crippen LogP contribution in [0.5, 0.6) is 11.5 Å². The smallest absolute Gasteiger partial charge is 0.257 e. The molecule has 0 bridgehead atoms. The van der Waals surface area contributed by atoms with Crippen molar-refractivity contribution in [3.8, 4) is 22.8 Å². The van der Waals surface area contributed by atoms with Gasteiger partial charge < -0.3 is 4.74 Å². The van der Waals surface area contributed by atoms with Gasteiger partial charge in [0.2, 0.25) is 5.75 Å². The predicted octanol–water partition coefficient (Wildman–Crippen LogP) is 7.05. The molecule has 1 aliphatic heterocycles. The summed E-state index contributed by atoms with van der Waals surface area (Å²) in [6.07, 6.45) is 5.15. The van der Waals surface area contributed by atoms with Crippen LogP contribution in [0.4, 0.5) is 0 Å². The quantitative estimate of drug-likeness (QED) is 0.299. The van der Waals surface area contributed by atoms with Gasteiger partial charge in [-0.25, -0.2) is 0 Å². The summed E-state index contributed by atoms with van der Waals surface area (Å²) in [5.41, 5.74) is 7.52. The molecule has 0 amide bonds. The third-order valence-corrected chi connectivity index (χ3v) is 6.33. The Morgan fingerprint density at radius 1 is 1.07 bits per heavy atom. The number of pyridine rings is 1. The molecule has 0 saturated heterocycles. The first-order valence-electron chi connectivity index (χ1n) is 10.7. The van der Waals surface area contributed by atoms with Crippen molar-refractivity contribution in [2.24, 2.45) is 13.0 Å². The number of hydrogen-bond donors (Lipinski definition) is 0. The number of ether oxygens (including phenoxy) is 1. The number of hydrogen-bond acceptors (Lipinski definition) is 1. The number of aryl methyl sites for hydroxylation is 2. The summed E-state index contributed by atoms with van der Waals surface area (Å²) in [4.78, 5) is 0. The molecule has 0 fully saturated rings. The number of aromatic nitrogens is 1. The molecule has 4 aromatic rings. The van der Waals surface area contributed by atoms with Gasteiger partial charge in [-0.3, -0.25) is 0 Å². The minimum atomic E-state index is 0.602. The van der Waals surface area contributed by atoms with Crippen LogP contribution in [0.1, 0.15) is 36.1 Å². The SMILES string of the molecule is C=Cc1ccc2c[n+](C)c3c(c2c1)Oc1cc(CC(C)C)cc2cc(C)c(C)c-3c12. The van der Waals surface area contributed by atoms with Gasteiger partial charge in [0.05, 0.1) is 5.56 Å². The fraction of sp³-hybridized carbons (Fsp3) is 0.250. The molecule has 3 aromatic carbocycles. The zero-order valence-corrected chi connectivity index (χ0v) is 18.5. The van der Waals surface area contributed by atoms with E-state index in [0.29, 0.717) is 5.92 Å². The van der Waals surface area contributed by atoms with Gasteiger partial charge in [-0.2, -0.15) is 4.57 Å². The average molecular weight is 395 g/mol. The van der Waals surface area contributed by atoms with E-state index in [1.54, 1.807) is 0 Å². The number of benzene rings is 3. The van der Waals surface area contributed by atoms with E-state index in [1.807, 2.05) is 6.08 Å². The molecule has 5 rings (SSSR count). The molecule has 0 saturated carbocycles. The Balaban J connectivity index is 1.92. The standard InChI is InChI=1S/C28H28NO/c1-7-19-8-9-21-15-29(6)27-25-18(5)17(4)11-22-12-20(10-16(2)3)14-24(26(22)25)30-28(27)23(21)13-19/h7-9,11-16H,1,10H2,2-6H3/q+1. The van der Waals surface area contributed by atoms with E-state index in [-0.39, 0.29) is 0 Å². The molecule has 2 heterocycles. The van der Waals surface area contributed by atoms with E-state index in [2.05, 4.69) is 88.5 Å². The summed E-state index contributed by atoms with van der Waals surface area (Å²) in [5.74, 6) is 2.53. The van der Waals surface area contributed by atoms with Gasteiger partial charge in [0, 0.05) is 16.2 Å². The van der Waals surface area contributed by atoms with E-state index in [4.69, 9.17) is 4.74 Å². The third kappa shape index (κ3) is 2.74. The first kappa shape index (κ1) is 18.9. The number of fused-ring (bicyclic) bond motifs is 4. The molecule has 2 heteroatoms. The monoisotopic (exact) mass is 394 g/mol. The molecular weight excluding hydrogens is 366 g/mol. The lowest BCUT2D eigenvalue weighted by Gasteiger charge is -2.24. The van der Waals surface area contributed by atoms with Gasteiger partial charge in [-0.15, -0.1) is 0 Å². The van der Waals surface area contributed by atoms with Crippen molar-refractivity contribution in [1.82, 2.24) is 0 Å². The molecule has 2 nitrogen and oxygen atoms in total. The molecule has 0 spiro atoms. The molecule has 0 unspecified atom stereocenters. The summed E-state index contributed by atoms with van der Waals surface area (Å²) in [5, 5.41) is 4.81. The minimum Gasteiger partial charge on any atom is -0.449 e. The first-order valence-corrected chi connectivity index (χ1v) is 10.7. The second-order valence-corrected chi connectivity index (χ2v) is 9.05. The van der Waals surface area contributed by atoms with Crippen LogP contribution in [-0.2, 0) is 13.5 Å². The Morgan fingerprint density at radius 2 is 1.87 bits per heavy atom. The van der Waals surface area contributed by atoms with Crippen LogP contribution in [0.15, 0.2) is 49.2 Å². The van der Waals surface area contributed by atoms with Crippen LogP contribution in [0.25, 0.3) is 38.9 Å². The van der Waals surface area contributed by atoms with Crippen molar-refractivity contribution in [1.29, 1.82) is 0 Å². The van der Waals surface area contributed by atoms with Gasteiger partial charge in [0.1, 0.15) is 12.8 Å². The lowest BCUT2D eigenvalue weighted by atomic mass is 9.88. The molecule has 1 aliphatic rings. The minimum absolute atomic E-state index is 0.602. The zero-order chi connectivity index (χ0) is 21.2. The fourth-order valence-electron chi connectivity index (χ4n) is 4.84. The highest BCUT2D eigenvalue weighted by atomic mass is 16.5. The highest BCUT2D eigenvalue weighted by molar-refractivity contribution is 6.07. The van der Waals surface area contributed by atoms with Gasteiger partial charge >= 0.3 is 0 Å². The Morgan fingerprint density at radius 3 is 2.60 bits per heavy atom. The molecule has 0 atom stereocenters. The van der Waals surface area contributed by atoms with Crippen LogP contribution in [0.2, 0.25) is 0 Å². The van der Waals surface area contributed by atoms with E-state index in [0.717, 1.165) is 34.6 Å². The lowest BCUT2D eigenvalue weighted by molar-refractivity contribution is -0.659. The summed E-state index contributed by atoms with van der Waals surface area (Å²) in [7, 11) is 2.12. The Kier molecular flexibility index (Phi) is 4.21. The van der Waals surface area contributed by atoms with Crippen molar-refractivity contribution in [3.05, 3.63) is 71.4 Å². The summed E-state index contributed by atoms with van der Waals surface area (Å²) in [6.45, 7) is 12.9. The summed E-state index contributed by atoms with van der Waals surface area (Å²) in [6, 6.07) is 13.4. The van der Waals surface area contributed by atoms with Gasteiger partial charge in [0.25, 0.3) is 5.69 Å². The van der Waals surface area contributed by atoms with Crippen LogP contribution in [0, 0.1) is 19.8 Å². The van der Waals surface area contributed by atoms with Crippen LogP contribution < -0.4 is 9.30 Å². The van der Waals surface area contributed by atoms with E-state index in [9.17, 15) is 0 Å². The highest BCUT2D eigenvalue weighted by Crippen LogP contribution is 2.50. The Labute approximate surface area is 178 Å². The van der Waals surface area contributed by atoms with Gasteiger partial charge in [-0.05, 0) is 72.0 Å². The largest absolute Gasteiger partial charge is 0.449 e. The van der Waals surface area contributed by atoms with Crippen LogP contribution >= 0.6 is 0 Å². The number of rotatable bonds is 3. The van der Waals surface area contributed by atoms with Gasteiger partial charge in [0.15, 0.2) is 6.20 Å². The highest BCUT2D eigenvalue weighted by Gasteiger charge is 2.32. The van der Waals surface area contributed by atoms with E-state index >= 15 is 0 Å². The third-order valence-electron chi connectivity index (χ3n) is 6.33.